The Balaban J connectivity index is 2.03. The fraction of sp³-hybridized carbons (Fsp3) is 0.684. The van der Waals surface area contributed by atoms with Gasteiger partial charge in [0.1, 0.15) is 0 Å². The number of rotatable bonds is 5. The third kappa shape index (κ3) is 4.23. The standard InChI is InChI=1S/C19H32N2/c1-5-16-6-9-18(10-7-16)21(4)19-11-8-17(13-15(3)20)14(2)12-19/h8,11-12,15-16,18H,5-7,9-10,13,20H2,1-4H3. The quantitative estimate of drug-likeness (QED) is 0.875. The van der Waals surface area contributed by atoms with Crippen molar-refractivity contribution in [2.24, 2.45) is 11.7 Å². The normalized spacial score (nSPS) is 23.9. The number of aryl methyl sites for hydroxylation is 1. The molecule has 0 bridgehead atoms. The number of hydrogen-bond donors (Lipinski definition) is 1. The van der Waals surface area contributed by atoms with Gasteiger partial charge in [-0.25, -0.2) is 0 Å². The van der Waals surface area contributed by atoms with Gasteiger partial charge in [0.05, 0.1) is 0 Å². The molecular weight excluding hydrogens is 256 g/mol. The highest BCUT2D eigenvalue weighted by Gasteiger charge is 2.23. The third-order valence-corrected chi connectivity index (χ3v) is 5.22. The van der Waals surface area contributed by atoms with Crippen LogP contribution in [0, 0.1) is 12.8 Å². The summed E-state index contributed by atoms with van der Waals surface area (Å²) >= 11 is 0. The molecule has 0 heterocycles. The molecule has 1 unspecified atom stereocenters. The average molecular weight is 288 g/mol. The van der Waals surface area contributed by atoms with Crippen molar-refractivity contribution in [3.05, 3.63) is 29.3 Å². The molecule has 0 spiro atoms. The molecule has 1 aliphatic rings. The van der Waals surface area contributed by atoms with Crippen LogP contribution < -0.4 is 10.6 Å². The molecule has 0 aliphatic heterocycles. The van der Waals surface area contributed by atoms with E-state index in [1.54, 1.807) is 0 Å². The second-order valence-electron chi connectivity index (χ2n) is 6.99. The lowest BCUT2D eigenvalue weighted by Gasteiger charge is -2.36. The summed E-state index contributed by atoms with van der Waals surface area (Å²) in [5, 5.41) is 0. The van der Waals surface area contributed by atoms with E-state index in [1.807, 2.05) is 0 Å². The first-order valence-electron chi connectivity index (χ1n) is 8.59. The van der Waals surface area contributed by atoms with Crippen molar-refractivity contribution in [2.75, 3.05) is 11.9 Å². The van der Waals surface area contributed by atoms with Gasteiger partial charge >= 0.3 is 0 Å². The van der Waals surface area contributed by atoms with Gasteiger partial charge in [0, 0.05) is 24.8 Å². The number of nitrogens with zero attached hydrogens (tertiary/aromatic N) is 1. The lowest BCUT2D eigenvalue weighted by molar-refractivity contribution is 0.313. The molecule has 0 radical (unpaired) electrons. The topological polar surface area (TPSA) is 29.3 Å². The highest BCUT2D eigenvalue weighted by molar-refractivity contribution is 5.51. The van der Waals surface area contributed by atoms with Gasteiger partial charge in [-0.2, -0.15) is 0 Å². The summed E-state index contributed by atoms with van der Waals surface area (Å²) in [4.78, 5) is 2.49. The second-order valence-corrected chi connectivity index (χ2v) is 6.99. The first-order valence-corrected chi connectivity index (χ1v) is 8.59. The van der Waals surface area contributed by atoms with Gasteiger partial charge in [0.2, 0.25) is 0 Å². The molecule has 2 nitrogen and oxygen atoms in total. The van der Waals surface area contributed by atoms with Crippen LogP contribution in [0.3, 0.4) is 0 Å². The monoisotopic (exact) mass is 288 g/mol. The number of anilines is 1. The van der Waals surface area contributed by atoms with Crippen LogP contribution >= 0.6 is 0 Å². The highest BCUT2D eigenvalue weighted by atomic mass is 15.1. The molecule has 2 heteroatoms. The predicted octanol–water partition coefficient (Wildman–Crippen LogP) is 4.29. The first kappa shape index (κ1) is 16.4. The van der Waals surface area contributed by atoms with Crippen LogP contribution in [0.15, 0.2) is 18.2 Å². The molecule has 1 fully saturated rings. The van der Waals surface area contributed by atoms with Crippen LogP contribution in [0.2, 0.25) is 0 Å². The molecule has 1 aromatic rings. The number of nitrogens with two attached hydrogens (primary N) is 1. The third-order valence-electron chi connectivity index (χ3n) is 5.22. The maximum atomic E-state index is 5.92. The van der Waals surface area contributed by atoms with Crippen LogP contribution in [-0.4, -0.2) is 19.1 Å². The van der Waals surface area contributed by atoms with Gasteiger partial charge in [0.25, 0.3) is 0 Å². The Hall–Kier alpha value is -1.02. The largest absolute Gasteiger partial charge is 0.372 e. The van der Waals surface area contributed by atoms with Crippen LogP contribution in [-0.2, 0) is 6.42 Å². The van der Waals surface area contributed by atoms with E-state index in [0.29, 0.717) is 6.04 Å². The first-order chi connectivity index (χ1) is 10.0. The molecule has 1 saturated carbocycles. The summed E-state index contributed by atoms with van der Waals surface area (Å²) in [6.07, 6.45) is 7.80. The minimum atomic E-state index is 0.233. The van der Waals surface area contributed by atoms with E-state index in [1.165, 1.54) is 48.9 Å². The van der Waals surface area contributed by atoms with E-state index in [9.17, 15) is 0 Å². The van der Waals surface area contributed by atoms with Gasteiger partial charge in [-0.15, -0.1) is 0 Å². The van der Waals surface area contributed by atoms with E-state index >= 15 is 0 Å². The van der Waals surface area contributed by atoms with Crippen molar-refractivity contribution in [1.29, 1.82) is 0 Å². The van der Waals surface area contributed by atoms with E-state index < -0.39 is 0 Å². The summed E-state index contributed by atoms with van der Waals surface area (Å²) in [5.41, 5.74) is 10.0. The summed E-state index contributed by atoms with van der Waals surface area (Å²) < 4.78 is 0. The Bertz CT molecular complexity index is 445. The van der Waals surface area contributed by atoms with E-state index in [0.717, 1.165) is 12.3 Å². The van der Waals surface area contributed by atoms with Crippen LogP contribution in [0.25, 0.3) is 0 Å². The number of hydrogen-bond acceptors (Lipinski definition) is 2. The smallest absolute Gasteiger partial charge is 0.0368 e. The lowest BCUT2D eigenvalue weighted by Crippen LogP contribution is -2.35. The molecule has 0 aromatic heterocycles. The molecule has 0 saturated heterocycles. The Morgan fingerprint density at radius 3 is 2.43 bits per heavy atom. The fourth-order valence-electron chi connectivity index (χ4n) is 3.63. The van der Waals surface area contributed by atoms with Gasteiger partial charge in [-0.3, -0.25) is 0 Å². The molecule has 0 amide bonds. The van der Waals surface area contributed by atoms with Gasteiger partial charge in [-0.1, -0.05) is 19.4 Å². The van der Waals surface area contributed by atoms with Crippen molar-refractivity contribution >= 4 is 5.69 Å². The molecular formula is C19H32N2. The zero-order valence-corrected chi connectivity index (χ0v) is 14.2. The van der Waals surface area contributed by atoms with Crippen molar-refractivity contribution in [3.8, 4) is 0 Å². The summed E-state index contributed by atoms with van der Waals surface area (Å²) in [7, 11) is 2.26. The SMILES string of the molecule is CCC1CCC(N(C)c2ccc(CC(C)N)c(C)c2)CC1. The second kappa shape index (κ2) is 7.31. The highest BCUT2D eigenvalue weighted by Crippen LogP contribution is 2.31. The van der Waals surface area contributed by atoms with E-state index in [-0.39, 0.29) is 6.04 Å². The predicted molar refractivity (Wildman–Crippen MR) is 93.0 cm³/mol. The Morgan fingerprint density at radius 1 is 1.24 bits per heavy atom. The van der Waals surface area contributed by atoms with Gasteiger partial charge < -0.3 is 10.6 Å². The van der Waals surface area contributed by atoms with Crippen molar-refractivity contribution in [3.63, 3.8) is 0 Å². The number of benzene rings is 1. The lowest BCUT2D eigenvalue weighted by atomic mass is 9.84. The van der Waals surface area contributed by atoms with Crippen LogP contribution in [0.1, 0.15) is 57.1 Å². The van der Waals surface area contributed by atoms with E-state index in [2.05, 4.69) is 50.9 Å². The van der Waals surface area contributed by atoms with E-state index in [4.69, 9.17) is 5.73 Å². The molecule has 2 N–H and O–H groups in total. The molecule has 2 rings (SSSR count). The van der Waals surface area contributed by atoms with Crippen molar-refractivity contribution < 1.29 is 0 Å². The Morgan fingerprint density at radius 2 is 1.90 bits per heavy atom. The average Bonchev–Trinajstić information content (AvgIpc) is 2.48. The molecule has 118 valence electrons. The fourth-order valence-corrected chi connectivity index (χ4v) is 3.63. The molecule has 1 aromatic carbocycles. The zero-order chi connectivity index (χ0) is 15.4. The van der Waals surface area contributed by atoms with Crippen LogP contribution in [0.4, 0.5) is 5.69 Å². The minimum Gasteiger partial charge on any atom is -0.372 e. The molecule has 1 aliphatic carbocycles. The van der Waals surface area contributed by atoms with Gasteiger partial charge in [0.15, 0.2) is 0 Å². The van der Waals surface area contributed by atoms with Crippen molar-refractivity contribution in [2.45, 2.75) is 71.4 Å². The van der Waals surface area contributed by atoms with Crippen LogP contribution in [0.5, 0.6) is 0 Å². The summed E-state index contributed by atoms with van der Waals surface area (Å²) in [6, 6.07) is 7.82. The zero-order valence-electron chi connectivity index (χ0n) is 14.2. The molecule has 1 atom stereocenters. The van der Waals surface area contributed by atoms with Gasteiger partial charge in [-0.05, 0) is 75.1 Å². The summed E-state index contributed by atoms with van der Waals surface area (Å²) in [5.74, 6) is 0.963. The Kier molecular flexibility index (Phi) is 5.69. The summed E-state index contributed by atoms with van der Waals surface area (Å²) in [6.45, 7) is 6.62. The maximum absolute atomic E-state index is 5.92. The van der Waals surface area contributed by atoms with Crippen molar-refractivity contribution in [1.82, 2.24) is 0 Å². The minimum absolute atomic E-state index is 0.233. The molecule has 21 heavy (non-hydrogen) atoms. The maximum Gasteiger partial charge on any atom is 0.0368 e. The Labute approximate surface area is 130 Å².